The zero-order valence-corrected chi connectivity index (χ0v) is 12.9. The highest BCUT2D eigenvalue weighted by molar-refractivity contribution is 9.10. The van der Waals surface area contributed by atoms with E-state index in [2.05, 4.69) is 28.2 Å². The van der Waals surface area contributed by atoms with Gasteiger partial charge in [-0.15, -0.1) is 0 Å². The molecule has 0 spiro atoms. The highest BCUT2D eigenvalue weighted by atomic mass is 79.9. The van der Waals surface area contributed by atoms with Gasteiger partial charge in [-0.25, -0.2) is 8.78 Å². The van der Waals surface area contributed by atoms with Gasteiger partial charge in [0.2, 0.25) is 0 Å². The monoisotopic (exact) mass is 335 g/mol. The molecule has 0 aliphatic heterocycles. The third-order valence-electron chi connectivity index (χ3n) is 2.71. The smallest absolute Gasteiger partial charge is 0.173 e. The SMILES string of the molecule is CCCNC(COCCC)c1ccc(F)c(F)c1Br. The Hall–Kier alpha value is -0.520. The van der Waals surface area contributed by atoms with Crippen molar-refractivity contribution in [1.82, 2.24) is 5.32 Å². The molecule has 0 radical (unpaired) electrons. The number of nitrogens with one attached hydrogen (secondary N) is 1. The quantitative estimate of drug-likeness (QED) is 0.568. The van der Waals surface area contributed by atoms with Crippen molar-refractivity contribution in [2.24, 2.45) is 0 Å². The molecule has 0 saturated heterocycles. The maximum absolute atomic E-state index is 13.6. The summed E-state index contributed by atoms with van der Waals surface area (Å²) in [6, 6.07) is 2.59. The summed E-state index contributed by atoms with van der Waals surface area (Å²) >= 11 is 3.12. The van der Waals surface area contributed by atoms with E-state index in [4.69, 9.17) is 4.74 Å². The van der Waals surface area contributed by atoms with Crippen LogP contribution in [0.2, 0.25) is 0 Å². The van der Waals surface area contributed by atoms with E-state index in [1.165, 1.54) is 0 Å². The van der Waals surface area contributed by atoms with Crippen molar-refractivity contribution in [2.45, 2.75) is 32.7 Å². The first-order valence-electron chi connectivity index (χ1n) is 6.56. The van der Waals surface area contributed by atoms with E-state index in [0.717, 1.165) is 25.5 Å². The van der Waals surface area contributed by atoms with Crippen molar-refractivity contribution in [1.29, 1.82) is 0 Å². The molecule has 0 aliphatic carbocycles. The Kier molecular flexibility index (Phi) is 7.49. The summed E-state index contributed by atoms with van der Waals surface area (Å²) in [6.45, 7) is 5.98. The van der Waals surface area contributed by atoms with Crippen molar-refractivity contribution >= 4 is 15.9 Å². The molecule has 5 heteroatoms. The molecule has 0 aromatic heterocycles. The number of ether oxygens (including phenoxy) is 1. The van der Waals surface area contributed by atoms with E-state index < -0.39 is 11.6 Å². The molecule has 1 N–H and O–H groups in total. The predicted molar refractivity (Wildman–Crippen MR) is 76.2 cm³/mol. The van der Waals surface area contributed by atoms with E-state index >= 15 is 0 Å². The Morgan fingerprint density at radius 2 is 2.00 bits per heavy atom. The molecule has 0 bridgehead atoms. The molecule has 1 aromatic rings. The molecule has 1 unspecified atom stereocenters. The second-order valence-electron chi connectivity index (χ2n) is 4.35. The number of benzene rings is 1. The maximum atomic E-state index is 13.6. The number of rotatable bonds is 8. The van der Waals surface area contributed by atoms with Crippen LogP contribution in [0.3, 0.4) is 0 Å². The predicted octanol–water partition coefficient (Wildman–Crippen LogP) is 4.19. The van der Waals surface area contributed by atoms with Gasteiger partial charge < -0.3 is 10.1 Å². The minimum Gasteiger partial charge on any atom is -0.379 e. The second kappa shape index (κ2) is 8.61. The van der Waals surface area contributed by atoms with Crippen molar-refractivity contribution in [3.63, 3.8) is 0 Å². The number of hydrogen-bond acceptors (Lipinski definition) is 2. The molecule has 108 valence electrons. The van der Waals surface area contributed by atoms with Crippen molar-refractivity contribution in [2.75, 3.05) is 19.8 Å². The third kappa shape index (κ3) is 4.82. The van der Waals surface area contributed by atoms with Gasteiger partial charge in [0.25, 0.3) is 0 Å². The summed E-state index contributed by atoms with van der Waals surface area (Å²) in [4.78, 5) is 0. The van der Waals surface area contributed by atoms with Crippen LogP contribution in [0.25, 0.3) is 0 Å². The fourth-order valence-corrected chi connectivity index (χ4v) is 2.33. The molecule has 0 fully saturated rings. The van der Waals surface area contributed by atoms with E-state index in [1.54, 1.807) is 6.07 Å². The van der Waals surface area contributed by atoms with Crippen molar-refractivity contribution in [3.05, 3.63) is 33.8 Å². The molecule has 1 aromatic carbocycles. The topological polar surface area (TPSA) is 21.3 Å². The van der Waals surface area contributed by atoms with E-state index in [-0.39, 0.29) is 10.5 Å². The summed E-state index contributed by atoms with van der Waals surface area (Å²) in [7, 11) is 0. The lowest BCUT2D eigenvalue weighted by atomic mass is 10.1. The first-order valence-corrected chi connectivity index (χ1v) is 7.35. The van der Waals surface area contributed by atoms with Gasteiger partial charge in [0.15, 0.2) is 11.6 Å². The van der Waals surface area contributed by atoms with Gasteiger partial charge in [-0.1, -0.05) is 19.9 Å². The van der Waals surface area contributed by atoms with Gasteiger partial charge in [0, 0.05) is 6.61 Å². The standard InChI is InChI=1S/C14H20BrF2NO/c1-3-7-18-12(9-19-8-4-2)10-5-6-11(16)14(17)13(10)15/h5-6,12,18H,3-4,7-9H2,1-2H3. The average molecular weight is 336 g/mol. The maximum Gasteiger partial charge on any atom is 0.173 e. The Bertz CT molecular complexity index is 401. The van der Waals surface area contributed by atoms with E-state index in [0.29, 0.717) is 18.8 Å². The van der Waals surface area contributed by atoms with Crippen LogP contribution in [0.4, 0.5) is 8.78 Å². The summed E-state index contributed by atoms with van der Waals surface area (Å²) in [5.74, 6) is -1.70. The highest BCUT2D eigenvalue weighted by Gasteiger charge is 2.18. The Balaban J connectivity index is 2.86. The van der Waals surface area contributed by atoms with Gasteiger partial charge >= 0.3 is 0 Å². The van der Waals surface area contributed by atoms with Gasteiger partial charge in [0.1, 0.15) is 0 Å². The molecule has 19 heavy (non-hydrogen) atoms. The highest BCUT2D eigenvalue weighted by Crippen LogP contribution is 2.28. The fourth-order valence-electron chi connectivity index (χ4n) is 1.73. The zero-order chi connectivity index (χ0) is 14.3. The van der Waals surface area contributed by atoms with Crippen LogP contribution in [0.15, 0.2) is 16.6 Å². The molecular weight excluding hydrogens is 316 g/mol. The fraction of sp³-hybridized carbons (Fsp3) is 0.571. The number of hydrogen-bond donors (Lipinski definition) is 1. The molecule has 0 aliphatic rings. The van der Waals surface area contributed by atoms with Crippen LogP contribution in [0, 0.1) is 11.6 Å². The zero-order valence-electron chi connectivity index (χ0n) is 11.3. The molecule has 0 saturated carbocycles. The van der Waals surface area contributed by atoms with Crippen LogP contribution in [-0.2, 0) is 4.74 Å². The lowest BCUT2D eigenvalue weighted by molar-refractivity contribution is 0.111. The lowest BCUT2D eigenvalue weighted by Crippen LogP contribution is -2.27. The third-order valence-corrected chi connectivity index (χ3v) is 3.52. The summed E-state index contributed by atoms with van der Waals surface area (Å²) in [6.07, 6.45) is 1.89. The van der Waals surface area contributed by atoms with Crippen LogP contribution in [-0.4, -0.2) is 19.8 Å². The Morgan fingerprint density at radius 1 is 1.26 bits per heavy atom. The Morgan fingerprint density at radius 3 is 2.63 bits per heavy atom. The first-order chi connectivity index (χ1) is 9.11. The summed E-state index contributed by atoms with van der Waals surface area (Å²) in [5.41, 5.74) is 0.684. The lowest BCUT2D eigenvalue weighted by Gasteiger charge is -2.20. The molecule has 2 nitrogen and oxygen atoms in total. The Labute approximate surface area is 121 Å². The minimum atomic E-state index is -0.851. The van der Waals surface area contributed by atoms with Gasteiger partial charge in [0.05, 0.1) is 17.1 Å². The molecule has 0 amide bonds. The van der Waals surface area contributed by atoms with E-state index in [1.807, 2.05) is 6.92 Å². The van der Waals surface area contributed by atoms with Gasteiger partial charge in [-0.3, -0.25) is 0 Å². The summed E-state index contributed by atoms with van der Waals surface area (Å²) in [5, 5.41) is 3.29. The van der Waals surface area contributed by atoms with Crippen molar-refractivity contribution < 1.29 is 13.5 Å². The van der Waals surface area contributed by atoms with Gasteiger partial charge in [-0.2, -0.15) is 0 Å². The average Bonchev–Trinajstić information content (AvgIpc) is 2.41. The van der Waals surface area contributed by atoms with Crippen LogP contribution >= 0.6 is 15.9 Å². The summed E-state index contributed by atoms with van der Waals surface area (Å²) < 4.78 is 32.4. The number of halogens is 3. The second-order valence-corrected chi connectivity index (χ2v) is 5.14. The molecule has 1 atom stereocenters. The van der Waals surface area contributed by atoms with Crippen LogP contribution in [0.1, 0.15) is 38.3 Å². The molecular formula is C14H20BrF2NO. The molecule has 1 rings (SSSR count). The normalized spacial score (nSPS) is 12.7. The molecule has 0 heterocycles. The van der Waals surface area contributed by atoms with Crippen molar-refractivity contribution in [3.8, 4) is 0 Å². The van der Waals surface area contributed by atoms with Crippen LogP contribution in [0.5, 0.6) is 0 Å². The van der Waals surface area contributed by atoms with E-state index in [9.17, 15) is 8.78 Å². The first kappa shape index (κ1) is 16.5. The minimum absolute atomic E-state index is 0.143. The van der Waals surface area contributed by atoms with Crippen LogP contribution < -0.4 is 5.32 Å². The largest absolute Gasteiger partial charge is 0.379 e. The van der Waals surface area contributed by atoms with Gasteiger partial charge in [-0.05, 0) is 46.9 Å².